The molecule has 0 spiro atoms. The maximum absolute atomic E-state index is 3.60. The lowest BCUT2D eigenvalue weighted by Crippen LogP contribution is -1.95. The van der Waals surface area contributed by atoms with Gasteiger partial charge in [0, 0.05) is 0 Å². The van der Waals surface area contributed by atoms with Crippen LogP contribution in [-0.2, 0) is 0 Å². The fourth-order valence-corrected chi connectivity index (χ4v) is 0.524. The van der Waals surface area contributed by atoms with Gasteiger partial charge in [0.1, 0.15) is 7.05 Å². The van der Waals surface area contributed by atoms with Gasteiger partial charge in [-0.05, 0) is 18.1 Å². The van der Waals surface area contributed by atoms with E-state index in [4.69, 9.17) is 0 Å². The molecule has 0 aromatic heterocycles. The molecule has 0 bridgehead atoms. The van der Waals surface area contributed by atoms with E-state index < -0.39 is 0 Å². The Bertz CT molecular complexity index is 152. The number of rotatable bonds is 3. The minimum atomic E-state index is 0.612. The highest BCUT2D eigenvalue weighted by Gasteiger charge is 1.87. The average molecular weight is 138 g/mol. The monoisotopic (exact) mass is 138 g/mol. The summed E-state index contributed by atoms with van der Waals surface area (Å²) >= 11 is 0. The van der Waals surface area contributed by atoms with E-state index in [0.29, 0.717) is 5.92 Å². The van der Waals surface area contributed by atoms with Crippen LogP contribution in [0.3, 0.4) is 0 Å². The molecule has 0 N–H and O–H groups in total. The number of allylic oxidation sites excluding steroid dienone is 2. The molecule has 0 saturated carbocycles. The van der Waals surface area contributed by atoms with Crippen LogP contribution < -0.4 is 0 Å². The lowest BCUT2D eigenvalue weighted by atomic mass is 10.2. The highest BCUT2D eigenvalue weighted by atomic mass is 14.9. The average Bonchev–Trinajstić information content (AvgIpc) is 1.85. The molecule has 0 fully saturated rings. The molecule has 0 heterocycles. The largest absolute Gasteiger partial charge is 0.208 e. The van der Waals surface area contributed by atoms with Crippen LogP contribution in [0.4, 0.5) is 0 Å². The Morgan fingerprint density at radius 3 is 2.40 bits per heavy atom. The molecule has 0 aliphatic heterocycles. The van der Waals surface area contributed by atoms with Crippen molar-refractivity contribution in [2.75, 3.05) is 7.05 Å². The topological polar surface area (TPSA) is 3.01 Å². The van der Waals surface area contributed by atoms with E-state index in [1.54, 1.807) is 6.08 Å². The molecule has 0 aromatic carbocycles. The molecule has 56 valence electrons. The van der Waals surface area contributed by atoms with Crippen molar-refractivity contribution in [3.05, 3.63) is 24.9 Å². The predicted octanol–water partition coefficient (Wildman–Crippen LogP) is 2.06. The fraction of sp³-hybridized carbons (Fsp3) is 0.444. The lowest BCUT2D eigenvalue weighted by molar-refractivity contribution is -0.416. The van der Waals surface area contributed by atoms with Gasteiger partial charge in [0.25, 0.3) is 0 Å². The first-order chi connectivity index (χ1) is 4.66. The molecule has 1 nitrogen and oxygen atoms in total. The molecule has 0 atom stereocenters. The second kappa shape index (κ2) is 4.98. The van der Waals surface area contributed by atoms with Gasteiger partial charge in [-0.3, -0.25) is 0 Å². The summed E-state index contributed by atoms with van der Waals surface area (Å²) < 4.78 is 1.98. The van der Waals surface area contributed by atoms with Crippen molar-refractivity contribution >= 4 is 6.21 Å². The van der Waals surface area contributed by atoms with Crippen molar-refractivity contribution in [2.45, 2.75) is 13.8 Å². The van der Waals surface area contributed by atoms with Crippen molar-refractivity contribution in [1.82, 2.24) is 0 Å². The standard InChI is InChI=1S/C9H16N/c1-5-7-10(4)8-6-9(2)3/h5-9H,1H2,2-4H3/q+1/b8-6-,10-7-. The van der Waals surface area contributed by atoms with Crippen LogP contribution in [0.5, 0.6) is 0 Å². The maximum Gasteiger partial charge on any atom is 0.167 e. The van der Waals surface area contributed by atoms with Crippen LogP contribution in [0.1, 0.15) is 13.8 Å². The summed E-state index contributed by atoms with van der Waals surface area (Å²) in [4.78, 5) is 0. The summed E-state index contributed by atoms with van der Waals surface area (Å²) in [6.07, 6.45) is 7.86. The Morgan fingerprint density at radius 1 is 1.40 bits per heavy atom. The number of hydrogen-bond acceptors (Lipinski definition) is 0. The smallest absolute Gasteiger partial charge is 0.167 e. The van der Waals surface area contributed by atoms with Crippen LogP contribution in [0, 0.1) is 5.92 Å². The second-order valence-electron chi connectivity index (χ2n) is 2.64. The highest BCUT2D eigenvalue weighted by molar-refractivity contribution is 5.65. The number of hydrogen-bond donors (Lipinski definition) is 0. The Kier molecular flexibility index (Phi) is 4.55. The third-order valence-electron chi connectivity index (χ3n) is 1.05. The summed E-state index contributed by atoms with van der Waals surface area (Å²) in [5.74, 6) is 0.612. The molecule has 0 unspecified atom stereocenters. The van der Waals surface area contributed by atoms with Crippen molar-refractivity contribution in [3.8, 4) is 0 Å². The fourth-order valence-electron chi connectivity index (χ4n) is 0.524. The molecule has 0 rings (SSSR count). The van der Waals surface area contributed by atoms with Gasteiger partial charge in [0.05, 0.1) is 0 Å². The summed E-state index contributed by atoms with van der Waals surface area (Å²) in [6, 6.07) is 0. The second-order valence-corrected chi connectivity index (χ2v) is 2.64. The summed E-state index contributed by atoms with van der Waals surface area (Å²) in [5, 5.41) is 0. The Hall–Kier alpha value is -0.850. The van der Waals surface area contributed by atoms with Gasteiger partial charge in [-0.2, -0.15) is 0 Å². The van der Waals surface area contributed by atoms with Crippen LogP contribution in [0.25, 0.3) is 0 Å². The molecule has 0 amide bonds. The molecule has 0 saturated heterocycles. The van der Waals surface area contributed by atoms with Crippen molar-refractivity contribution < 1.29 is 4.58 Å². The van der Waals surface area contributed by atoms with E-state index >= 15 is 0 Å². The van der Waals surface area contributed by atoms with Gasteiger partial charge in [0.2, 0.25) is 0 Å². The zero-order chi connectivity index (χ0) is 7.98. The first-order valence-electron chi connectivity index (χ1n) is 3.53. The third kappa shape index (κ3) is 5.29. The van der Waals surface area contributed by atoms with Gasteiger partial charge in [0.15, 0.2) is 12.4 Å². The number of nitrogens with zero attached hydrogens (tertiary/aromatic N) is 1. The highest BCUT2D eigenvalue weighted by Crippen LogP contribution is 1.91. The van der Waals surface area contributed by atoms with Crippen molar-refractivity contribution in [3.63, 3.8) is 0 Å². The molecular formula is C9H16N+. The molecule has 0 radical (unpaired) electrons. The Balaban J connectivity index is 3.88. The lowest BCUT2D eigenvalue weighted by Gasteiger charge is -1.89. The first-order valence-corrected chi connectivity index (χ1v) is 3.53. The van der Waals surface area contributed by atoms with E-state index in [0.717, 1.165) is 0 Å². The van der Waals surface area contributed by atoms with Gasteiger partial charge in [-0.15, -0.1) is 0 Å². The summed E-state index contributed by atoms with van der Waals surface area (Å²) in [5.41, 5.74) is 0. The molecule has 10 heavy (non-hydrogen) atoms. The Morgan fingerprint density at radius 2 is 2.00 bits per heavy atom. The summed E-state index contributed by atoms with van der Waals surface area (Å²) in [6.45, 7) is 7.90. The minimum absolute atomic E-state index is 0.612. The zero-order valence-electron chi connectivity index (χ0n) is 7.04. The van der Waals surface area contributed by atoms with E-state index in [-0.39, 0.29) is 0 Å². The van der Waals surface area contributed by atoms with Crippen LogP contribution in [0.15, 0.2) is 24.9 Å². The van der Waals surface area contributed by atoms with Crippen LogP contribution in [-0.4, -0.2) is 17.8 Å². The van der Waals surface area contributed by atoms with Gasteiger partial charge >= 0.3 is 0 Å². The summed E-state index contributed by atoms with van der Waals surface area (Å²) in [7, 11) is 1.99. The molecule has 0 aromatic rings. The molecular weight excluding hydrogens is 122 g/mol. The first kappa shape index (κ1) is 9.15. The van der Waals surface area contributed by atoms with E-state index in [1.807, 2.05) is 24.0 Å². The van der Waals surface area contributed by atoms with E-state index in [9.17, 15) is 0 Å². The van der Waals surface area contributed by atoms with Crippen molar-refractivity contribution in [2.24, 2.45) is 5.92 Å². The quantitative estimate of drug-likeness (QED) is 0.415. The van der Waals surface area contributed by atoms with Gasteiger partial charge in [-0.25, -0.2) is 4.58 Å². The Labute approximate surface area is 63.4 Å². The molecule has 0 aliphatic carbocycles. The van der Waals surface area contributed by atoms with E-state index in [2.05, 4.69) is 26.5 Å². The predicted molar refractivity (Wildman–Crippen MR) is 46.4 cm³/mol. The normalized spacial score (nSPS) is 13.0. The maximum atomic E-state index is 3.60. The zero-order valence-corrected chi connectivity index (χ0v) is 7.04. The third-order valence-corrected chi connectivity index (χ3v) is 1.05. The van der Waals surface area contributed by atoms with Gasteiger partial charge in [-0.1, -0.05) is 20.4 Å². The SMILES string of the molecule is C=C/C=[N+](C)\C=C/C(C)C. The minimum Gasteiger partial charge on any atom is -0.208 e. The molecule has 0 aliphatic rings. The van der Waals surface area contributed by atoms with Gasteiger partial charge < -0.3 is 0 Å². The van der Waals surface area contributed by atoms with E-state index in [1.165, 1.54) is 0 Å². The van der Waals surface area contributed by atoms with Crippen LogP contribution in [0.2, 0.25) is 0 Å². The van der Waals surface area contributed by atoms with Crippen molar-refractivity contribution in [1.29, 1.82) is 0 Å². The molecule has 1 heteroatoms. The van der Waals surface area contributed by atoms with Crippen LogP contribution >= 0.6 is 0 Å².